The predicted molar refractivity (Wildman–Crippen MR) is 129 cm³/mol. The van der Waals surface area contributed by atoms with Crippen molar-refractivity contribution in [3.63, 3.8) is 0 Å². The molecule has 0 aliphatic heterocycles. The zero-order valence-corrected chi connectivity index (χ0v) is 20.7. The van der Waals surface area contributed by atoms with Gasteiger partial charge in [0.25, 0.3) is 5.91 Å². The van der Waals surface area contributed by atoms with E-state index in [4.69, 9.17) is 4.74 Å². The lowest BCUT2D eigenvalue weighted by Gasteiger charge is -2.17. The normalized spacial score (nSPS) is 13.4. The highest BCUT2D eigenvalue weighted by atomic mass is 32.2. The Morgan fingerprint density at radius 1 is 0.971 bits per heavy atom. The Labute approximate surface area is 199 Å². The summed E-state index contributed by atoms with van der Waals surface area (Å²) in [6.45, 7) is 6.44. The Morgan fingerprint density at radius 2 is 1.59 bits per heavy atom. The summed E-state index contributed by atoms with van der Waals surface area (Å²) < 4.78 is 32.1. The number of sulfone groups is 1. The number of rotatable bonds is 8. The van der Waals surface area contributed by atoms with Crippen molar-refractivity contribution in [1.29, 1.82) is 0 Å². The number of carbonyl (C=O) groups excluding carboxylic acids is 2. The van der Waals surface area contributed by atoms with Gasteiger partial charge in [0.2, 0.25) is 0 Å². The Kier molecular flexibility index (Phi) is 7.56. The largest absolute Gasteiger partial charge is 0.462 e. The fourth-order valence-electron chi connectivity index (χ4n) is 3.39. The van der Waals surface area contributed by atoms with Crippen molar-refractivity contribution in [1.82, 2.24) is 15.1 Å². The number of amides is 1. The molecule has 9 heteroatoms. The first-order valence-electron chi connectivity index (χ1n) is 11.0. The van der Waals surface area contributed by atoms with Crippen LogP contribution >= 0.6 is 0 Å². The molecule has 2 aromatic carbocycles. The SMILES string of the molecule is CC(C)OC(=O)C(C)S(=O)(=O)c1ccc([C@@H](C)NC(=O)c2cc(-c3ccccc3)nn2C)cc1. The third-order valence-electron chi connectivity index (χ3n) is 5.39. The minimum atomic E-state index is -3.90. The van der Waals surface area contributed by atoms with E-state index in [0.717, 1.165) is 11.1 Å². The van der Waals surface area contributed by atoms with Crippen LogP contribution in [0.25, 0.3) is 11.3 Å². The highest BCUT2D eigenvalue weighted by molar-refractivity contribution is 7.92. The Balaban J connectivity index is 1.72. The molecule has 0 fully saturated rings. The second kappa shape index (κ2) is 10.2. The first kappa shape index (κ1) is 25.2. The molecule has 0 saturated carbocycles. The molecular formula is C25H29N3O5S. The van der Waals surface area contributed by atoms with Crippen LogP contribution in [-0.2, 0) is 26.4 Å². The van der Waals surface area contributed by atoms with E-state index < -0.39 is 27.2 Å². The average molecular weight is 484 g/mol. The van der Waals surface area contributed by atoms with Crippen molar-refractivity contribution in [2.75, 3.05) is 0 Å². The number of carbonyl (C=O) groups is 2. The van der Waals surface area contributed by atoms with E-state index in [1.807, 2.05) is 30.3 Å². The van der Waals surface area contributed by atoms with E-state index in [0.29, 0.717) is 11.4 Å². The second-order valence-electron chi connectivity index (χ2n) is 8.34. The molecule has 1 amide bonds. The molecule has 0 aliphatic rings. The summed E-state index contributed by atoms with van der Waals surface area (Å²) >= 11 is 0. The lowest BCUT2D eigenvalue weighted by Crippen LogP contribution is -2.31. The third-order valence-corrected chi connectivity index (χ3v) is 7.44. The quantitative estimate of drug-likeness (QED) is 0.490. The smallest absolute Gasteiger partial charge is 0.324 e. The monoisotopic (exact) mass is 483 g/mol. The van der Waals surface area contributed by atoms with E-state index in [2.05, 4.69) is 10.4 Å². The van der Waals surface area contributed by atoms with Gasteiger partial charge in [0.05, 0.1) is 22.7 Å². The fourth-order valence-corrected chi connectivity index (χ4v) is 4.62. The van der Waals surface area contributed by atoms with Gasteiger partial charge in [0, 0.05) is 12.6 Å². The highest BCUT2D eigenvalue weighted by Gasteiger charge is 2.31. The third kappa shape index (κ3) is 5.53. The molecular weight excluding hydrogens is 454 g/mol. The van der Waals surface area contributed by atoms with Gasteiger partial charge in [-0.25, -0.2) is 8.42 Å². The summed E-state index contributed by atoms with van der Waals surface area (Å²) in [7, 11) is -2.19. The van der Waals surface area contributed by atoms with Gasteiger partial charge in [-0.15, -0.1) is 0 Å². The van der Waals surface area contributed by atoms with Crippen LogP contribution in [-0.4, -0.2) is 41.4 Å². The molecule has 1 heterocycles. The average Bonchev–Trinajstić information content (AvgIpc) is 3.20. The Hall–Kier alpha value is -3.46. The van der Waals surface area contributed by atoms with Crippen LogP contribution in [0.1, 0.15) is 49.8 Å². The van der Waals surface area contributed by atoms with Crippen molar-refractivity contribution in [2.24, 2.45) is 7.05 Å². The first-order chi connectivity index (χ1) is 16.0. The van der Waals surface area contributed by atoms with Crippen LogP contribution in [0.2, 0.25) is 0 Å². The number of aromatic nitrogens is 2. The first-order valence-corrected chi connectivity index (χ1v) is 12.5. The van der Waals surface area contributed by atoms with Crippen molar-refractivity contribution >= 4 is 21.7 Å². The second-order valence-corrected chi connectivity index (χ2v) is 10.6. The van der Waals surface area contributed by atoms with Crippen LogP contribution in [0, 0.1) is 0 Å². The zero-order valence-electron chi connectivity index (χ0n) is 19.8. The molecule has 1 aromatic heterocycles. The van der Waals surface area contributed by atoms with E-state index in [9.17, 15) is 18.0 Å². The van der Waals surface area contributed by atoms with Crippen molar-refractivity contribution in [3.05, 3.63) is 71.9 Å². The molecule has 180 valence electrons. The van der Waals surface area contributed by atoms with Crippen LogP contribution in [0.5, 0.6) is 0 Å². The molecule has 0 bridgehead atoms. The van der Waals surface area contributed by atoms with Gasteiger partial charge in [0.1, 0.15) is 5.69 Å². The summed E-state index contributed by atoms with van der Waals surface area (Å²) in [5.74, 6) is -1.09. The predicted octanol–water partition coefficient (Wildman–Crippen LogP) is 3.69. The number of benzene rings is 2. The molecule has 3 rings (SSSR count). The van der Waals surface area contributed by atoms with Crippen LogP contribution in [0.15, 0.2) is 65.6 Å². The molecule has 8 nitrogen and oxygen atoms in total. The topological polar surface area (TPSA) is 107 Å². The minimum Gasteiger partial charge on any atom is -0.462 e. The van der Waals surface area contributed by atoms with Gasteiger partial charge in [-0.05, 0) is 51.5 Å². The van der Waals surface area contributed by atoms with E-state index in [-0.39, 0.29) is 16.8 Å². The lowest BCUT2D eigenvalue weighted by atomic mass is 10.1. The molecule has 0 radical (unpaired) electrons. The number of nitrogens with zero attached hydrogens (tertiary/aromatic N) is 2. The number of aryl methyl sites for hydroxylation is 1. The van der Waals surface area contributed by atoms with Crippen LogP contribution in [0.3, 0.4) is 0 Å². The maximum atomic E-state index is 12.9. The number of ether oxygens (including phenoxy) is 1. The maximum absolute atomic E-state index is 12.9. The maximum Gasteiger partial charge on any atom is 0.324 e. The van der Waals surface area contributed by atoms with E-state index >= 15 is 0 Å². The van der Waals surface area contributed by atoms with Gasteiger partial charge in [-0.3, -0.25) is 14.3 Å². The molecule has 0 saturated heterocycles. The number of hydrogen-bond acceptors (Lipinski definition) is 6. The Morgan fingerprint density at radius 3 is 2.18 bits per heavy atom. The van der Waals surface area contributed by atoms with E-state index in [1.54, 1.807) is 46.0 Å². The van der Waals surface area contributed by atoms with Crippen molar-refractivity contribution in [2.45, 2.75) is 50.0 Å². The molecule has 2 atom stereocenters. The summed E-state index contributed by atoms with van der Waals surface area (Å²) in [6, 6.07) is 17.0. The van der Waals surface area contributed by atoms with Gasteiger partial charge in [-0.1, -0.05) is 42.5 Å². The fraction of sp³-hybridized carbons (Fsp3) is 0.320. The zero-order chi connectivity index (χ0) is 25.0. The van der Waals surface area contributed by atoms with Crippen LogP contribution in [0.4, 0.5) is 0 Å². The minimum absolute atomic E-state index is 0.0159. The van der Waals surface area contributed by atoms with Crippen molar-refractivity contribution < 1.29 is 22.7 Å². The molecule has 0 aliphatic carbocycles. The summed E-state index contributed by atoms with van der Waals surface area (Å²) in [5, 5.41) is 6.02. The summed E-state index contributed by atoms with van der Waals surface area (Å²) in [4.78, 5) is 24.9. The van der Waals surface area contributed by atoms with Crippen LogP contribution < -0.4 is 5.32 Å². The standard InChI is InChI=1S/C25H29N3O5S/c1-16(2)33-25(30)18(4)34(31,32)21-13-11-19(12-14-21)17(3)26-24(29)23-15-22(27-28(23)5)20-9-7-6-8-10-20/h6-18H,1-5H3,(H,26,29)/t17-,18?/m1/s1. The van der Waals surface area contributed by atoms with Gasteiger partial charge in [0.15, 0.2) is 15.1 Å². The van der Waals surface area contributed by atoms with Crippen molar-refractivity contribution in [3.8, 4) is 11.3 Å². The summed E-state index contributed by atoms with van der Waals surface area (Å²) in [6.07, 6.45) is -0.403. The lowest BCUT2D eigenvalue weighted by molar-refractivity contribution is -0.146. The number of esters is 1. The van der Waals surface area contributed by atoms with E-state index in [1.165, 1.54) is 23.7 Å². The Bertz CT molecular complexity index is 1270. The molecule has 3 aromatic rings. The van der Waals surface area contributed by atoms with Gasteiger partial charge in [-0.2, -0.15) is 5.10 Å². The molecule has 1 unspecified atom stereocenters. The number of nitrogens with one attached hydrogen (secondary N) is 1. The van der Waals surface area contributed by atoms with Gasteiger partial charge >= 0.3 is 5.97 Å². The molecule has 1 N–H and O–H groups in total. The highest BCUT2D eigenvalue weighted by Crippen LogP contribution is 2.22. The summed E-state index contributed by atoms with van der Waals surface area (Å²) in [5.41, 5.74) is 2.73. The van der Waals surface area contributed by atoms with Gasteiger partial charge < -0.3 is 10.1 Å². The molecule has 34 heavy (non-hydrogen) atoms. The number of hydrogen-bond donors (Lipinski definition) is 1. The molecule has 0 spiro atoms.